The number of hydrogen-bond donors (Lipinski definition) is 1. The van der Waals surface area contributed by atoms with Gasteiger partial charge >= 0.3 is 0 Å². The topological polar surface area (TPSA) is 41.1 Å². The molecule has 4 nitrogen and oxygen atoms in total. The van der Waals surface area contributed by atoms with Crippen molar-refractivity contribution in [1.82, 2.24) is 9.97 Å². The molecule has 0 atom stereocenters. The molecule has 4 heteroatoms. The van der Waals surface area contributed by atoms with Gasteiger partial charge in [-0.2, -0.15) is 4.98 Å². The monoisotopic (exact) mass is 262 g/mol. The highest BCUT2D eigenvalue weighted by Crippen LogP contribution is 2.18. The largest absolute Gasteiger partial charge is 0.370 e. The molecular formula is C15H26N4. The molecule has 0 aliphatic carbocycles. The standard InChI is InChI=1S/C15H26N4/c1-12(2)7-8-16-14-11-13(3)17-15(18-14)19-9-5-4-6-10-19/h11-12H,4-10H2,1-3H3,(H,16,17,18). The molecule has 0 aromatic carbocycles. The van der Waals surface area contributed by atoms with Gasteiger partial charge in [-0.15, -0.1) is 0 Å². The smallest absolute Gasteiger partial charge is 0.227 e. The molecule has 1 aliphatic heterocycles. The Labute approximate surface area is 116 Å². The molecule has 2 rings (SSSR count). The summed E-state index contributed by atoms with van der Waals surface area (Å²) in [7, 11) is 0. The number of nitrogens with one attached hydrogen (secondary N) is 1. The molecule has 1 fully saturated rings. The number of rotatable bonds is 5. The lowest BCUT2D eigenvalue weighted by Crippen LogP contribution is -2.31. The lowest BCUT2D eigenvalue weighted by molar-refractivity contribution is 0.567. The number of nitrogens with zero attached hydrogens (tertiary/aromatic N) is 3. The van der Waals surface area contributed by atoms with Gasteiger partial charge in [0.25, 0.3) is 0 Å². The summed E-state index contributed by atoms with van der Waals surface area (Å²) < 4.78 is 0. The molecule has 0 spiro atoms. The first kappa shape index (κ1) is 14.1. The van der Waals surface area contributed by atoms with Crippen molar-refractivity contribution in [3.05, 3.63) is 11.8 Å². The number of aryl methyl sites for hydroxylation is 1. The first-order chi connectivity index (χ1) is 9.15. The van der Waals surface area contributed by atoms with Crippen molar-refractivity contribution in [3.8, 4) is 0 Å². The van der Waals surface area contributed by atoms with E-state index in [0.717, 1.165) is 43.0 Å². The highest BCUT2D eigenvalue weighted by molar-refractivity contribution is 5.43. The predicted octanol–water partition coefficient (Wildman–Crippen LogP) is 3.23. The van der Waals surface area contributed by atoms with Crippen molar-refractivity contribution < 1.29 is 0 Å². The zero-order valence-corrected chi connectivity index (χ0v) is 12.4. The van der Waals surface area contributed by atoms with Gasteiger partial charge in [-0.05, 0) is 38.5 Å². The normalized spacial score (nSPS) is 15.9. The van der Waals surface area contributed by atoms with Crippen LogP contribution >= 0.6 is 0 Å². The third-order valence-corrected chi connectivity index (χ3v) is 3.51. The van der Waals surface area contributed by atoms with E-state index in [1.165, 1.54) is 25.7 Å². The molecule has 19 heavy (non-hydrogen) atoms. The second-order valence-electron chi connectivity index (χ2n) is 5.85. The summed E-state index contributed by atoms with van der Waals surface area (Å²) in [6.07, 6.45) is 5.02. The Kier molecular flexibility index (Phi) is 5.00. The minimum absolute atomic E-state index is 0.719. The average Bonchev–Trinajstić information content (AvgIpc) is 2.39. The Bertz CT molecular complexity index is 397. The van der Waals surface area contributed by atoms with Crippen LogP contribution in [-0.4, -0.2) is 29.6 Å². The van der Waals surface area contributed by atoms with Crippen LogP contribution in [0.4, 0.5) is 11.8 Å². The second-order valence-corrected chi connectivity index (χ2v) is 5.85. The minimum atomic E-state index is 0.719. The Morgan fingerprint density at radius 2 is 1.95 bits per heavy atom. The van der Waals surface area contributed by atoms with E-state index in [9.17, 15) is 0 Å². The van der Waals surface area contributed by atoms with Crippen LogP contribution in [0.1, 0.15) is 45.2 Å². The molecule has 2 heterocycles. The highest BCUT2D eigenvalue weighted by Gasteiger charge is 2.14. The maximum absolute atomic E-state index is 4.66. The van der Waals surface area contributed by atoms with Crippen molar-refractivity contribution in [1.29, 1.82) is 0 Å². The van der Waals surface area contributed by atoms with Crippen LogP contribution in [-0.2, 0) is 0 Å². The van der Waals surface area contributed by atoms with Gasteiger partial charge in [-0.25, -0.2) is 4.98 Å². The van der Waals surface area contributed by atoms with Crippen molar-refractivity contribution in [2.24, 2.45) is 5.92 Å². The Hall–Kier alpha value is -1.32. The van der Waals surface area contributed by atoms with Gasteiger partial charge in [0, 0.05) is 31.4 Å². The van der Waals surface area contributed by atoms with E-state index < -0.39 is 0 Å². The summed E-state index contributed by atoms with van der Waals surface area (Å²) in [6, 6.07) is 2.04. The summed E-state index contributed by atoms with van der Waals surface area (Å²) in [5.41, 5.74) is 1.04. The van der Waals surface area contributed by atoms with Crippen LogP contribution in [0.2, 0.25) is 0 Å². The summed E-state index contributed by atoms with van der Waals surface area (Å²) >= 11 is 0. The Morgan fingerprint density at radius 1 is 1.21 bits per heavy atom. The van der Waals surface area contributed by atoms with Gasteiger partial charge in [0.1, 0.15) is 5.82 Å². The minimum Gasteiger partial charge on any atom is -0.370 e. The second kappa shape index (κ2) is 6.73. The van der Waals surface area contributed by atoms with Gasteiger partial charge in [-0.3, -0.25) is 0 Å². The van der Waals surface area contributed by atoms with E-state index in [4.69, 9.17) is 0 Å². The lowest BCUT2D eigenvalue weighted by atomic mass is 10.1. The van der Waals surface area contributed by atoms with Crippen LogP contribution in [0.15, 0.2) is 6.07 Å². The summed E-state index contributed by atoms with van der Waals surface area (Å²) in [4.78, 5) is 11.5. The number of anilines is 2. The van der Waals surface area contributed by atoms with Crippen molar-refractivity contribution >= 4 is 11.8 Å². The highest BCUT2D eigenvalue weighted by atomic mass is 15.3. The third-order valence-electron chi connectivity index (χ3n) is 3.51. The molecule has 1 N–H and O–H groups in total. The molecular weight excluding hydrogens is 236 g/mol. The Balaban J connectivity index is 2.01. The van der Waals surface area contributed by atoms with Crippen LogP contribution in [0.3, 0.4) is 0 Å². The molecule has 1 saturated heterocycles. The van der Waals surface area contributed by atoms with Crippen LogP contribution in [0.5, 0.6) is 0 Å². The number of piperidine rings is 1. The molecule has 0 amide bonds. The summed E-state index contributed by atoms with van der Waals surface area (Å²) in [5.74, 6) is 2.58. The molecule has 1 aromatic heterocycles. The first-order valence-electron chi connectivity index (χ1n) is 7.49. The summed E-state index contributed by atoms with van der Waals surface area (Å²) in [5, 5.41) is 3.42. The van der Waals surface area contributed by atoms with E-state index in [1.807, 2.05) is 13.0 Å². The summed E-state index contributed by atoms with van der Waals surface area (Å²) in [6.45, 7) is 9.69. The quantitative estimate of drug-likeness (QED) is 0.884. The fourth-order valence-electron chi connectivity index (χ4n) is 2.37. The van der Waals surface area contributed by atoms with Gasteiger partial charge in [0.2, 0.25) is 5.95 Å². The first-order valence-corrected chi connectivity index (χ1v) is 7.49. The molecule has 1 aliphatic rings. The lowest BCUT2D eigenvalue weighted by Gasteiger charge is -2.27. The average molecular weight is 262 g/mol. The molecule has 106 valence electrons. The predicted molar refractivity (Wildman–Crippen MR) is 80.8 cm³/mol. The van der Waals surface area contributed by atoms with Crippen molar-refractivity contribution in [2.45, 2.75) is 46.5 Å². The van der Waals surface area contributed by atoms with Crippen LogP contribution in [0, 0.1) is 12.8 Å². The molecule has 0 radical (unpaired) electrons. The van der Waals surface area contributed by atoms with E-state index in [0.29, 0.717) is 0 Å². The number of hydrogen-bond acceptors (Lipinski definition) is 4. The molecule has 0 bridgehead atoms. The van der Waals surface area contributed by atoms with Gasteiger partial charge in [-0.1, -0.05) is 13.8 Å². The van der Waals surface area contributed by atoms with Gasteiger partial charge in [0.15, 0.2) is 0 Å². The Morgan fingerprint density at radius 3 is 2.63 bits per heavy atom. The van der Waals surface area contributed by atoms with Crippen LogP contribution < -0.4 is 10.2 Å². The van der Waals surface area contributed by atoms with Gasteiger partial charge < -0.3 is 10.2 Å². The SMILES string of the molecule is Cc1cc(NCCC(C)C)nc(N2CCCCC2)n1. The maximum Gasteiger partial charge on any atom is 0.227 e. The maximum atomic E-state index is 4.66. The van der Waals surface area contributed by atoms with E-state index in [-0.39, 0.29) is 0 Å². The third kappa shape index (κ3) is 4.37. The zero-order chi connectivity index (χ0) is 13.7. The van der Waals surface area contributed by atoms with E-state index in [2.05, 4.69) is 34.0 Å². The fraction of sp³-hybridized carbons (Fsp3) is 0.733. The molecule has 1 aromatic rings. The van der Waals surface area contributed by atoms with Gasteiger partial charge in [0.05, 0.1) is 0 Å². The van der Waals surface area contributed by atoms with E-state index >= 15 is 0 Å². The van der Waals surface area contributed by atoms with Crippen molar-refractivity contribution in [3.63, 3.8) is 0 Å². The number of aromatic nitrogens is 2. The molecule has 0 saturated carbocycles. The zero-order valence-electron chi connectivity index (χ0n) is 12.4. The van der Waals surface area contributed by atoms with E-state index in [1.54, 1.807) is 0 Å². The van der Waals surface area contributed by atoms with Crippen molar-refractivity contribution in [2.75, 3.05) is 29.9 Å². The fourth-order valence-corrected chi connectivity index (χ4v) is 2.37. The van der Waals surface area contributed by atoms with Crippen LogP contribution in [0.25, 0.3) is 0 Å². The molecule has 0 unspecified atom stereocenters.